The molecule has 0 fully saturated rings. The molecular weight excluding hydrogens is 448 g/mol. The number of carbonyl (C=O) groups is 2. The second kappa shape index (κ2) is 12.4. The molecule has 5 nitrogen and oxygen atoms in total. The summed E-state index contributed by atoms with van der Waals surface area (Å²) in [5.41, 5.74) is 3.77. The van der Waals surface area contributed by atoms with E-state index in [4.69, 9.17) is 4.74 Å². The highest BCUT2D eigenvalue weighted by atomic mass is 16.5. The van der Waals surface area contributed by atoms with Crippen molar-refractivity contribution in [2.75, 3.05) is 18.6 Å². The van der Waals surface area contributed by atoms with Crippen molar-refractivity contribution in [1.29, 1.82) is 0 Å². The van der Waals surface area contributed by atoms with Gasteiger partial charge in [0.15, 0.2) is 6.61 Å². The van der Waals surface area contributed by atoms with Crippen molar-refractivity contribution in [3.05, 3.63) is 132 Å². The number of nitrogens with zero attached hydrogens (tertiary/aromatic N) is 2. The number of benzene rings is 4. The summed E-state index contributed by atoms with van der Waals surface area (Å²) in [6.45, 7) is 0.926. The van der Waals surface area contributed by atoms with Gasteiger partial charge in [-0.3, -0.25) is 9.59 Å². The lowest BCUT2D eigenvalue weighted by Crippen LogP contribution is -2.34. The lowest BCUT2D eigenvalue weighted by atomic mass is 10.1. The van der Waals surface area contributed by atoms with Gasteiger partial charge in [0.25, 0.3) is 5.91 Å². The van der Waals surface area contributed by atoms with Gasteiger partial charge in [-0.05, 0) is 41.0 Å². The summed E-state index contributed by atoms with van der Waals surface area (Å²) in [7, 11) is 1.82. The minimum Gasteiger partial charge on any atom is -0.484 e. The van der Waals surface area contributed by atoms with E-state index >= 15 is 0 Å². The smallest absolute Gasteiger partial charge is 0.265 e. The summed E-state index contributed by atoms with van der Waals surface area (Å²) < 4.78 is 5.72. The van der Waals surface area contributed by atoms with E-state index in [1.165, 1.54) is 0 Å². The first kappa shape index (κ1) is 24.7. The second-order valence-corrected chi connectivity index (χ2v) is 8.65. The summed E-state index contributed by atoms with van der Waals surface area (Å²) in [5.74, 6) is 0.549. The standard InChI is InChI=1S/C31H30N2O3/c1-32(22-26-11-5-2-6-12-26)30(34)21-25-17-19-28(20-18-25)33(23-27-13-7-3-8-14-27)31(35)24-36-29-15-9-4-10-16-29/h2-20H,21-24H2,1H3. The SMILES string of the molecule is CN(Cc1ccccc1)C(=O)Cc1ccc(N(Cc2ccccc2)C(=O)COc2ccccc2)cc1. The summed E-state index contributed by atoms with van der Waals surface area (Å²) in [6, 6.07) is 36.7. The summed E-state index contributed by atoms with van der Waals surface area (Å²) in [6.07, 6.45) is 0.299. The normalized spacial score (nSPS) is 10.5. The molecule has 0 atom stereocenters. The Bertz CT molecular complexity index is 1240. The zero-order valence-corrected chi connectivity index (χ0v) is 20.4. The minimum absolute atomic E-state index is 0.0417. The van der Waals surface area contributed by atoms with E-state index in [0.29, 0.717) is 25.3 Å². The largest absolute Gasteiger partial charge is 0.484 e. The van der Waals surface area contributed by atoms with Crippen LogP contribution in [-0.2, 0) is 29.1 Å². The van der Waals surface area contributed by atoms with Crippen molar-refractivity contribution in [2.24, 2.45) is 0 Å². The first-order chi connectivity index (χ1) is 17.6. The Balaban J connectivity index is 1.43. The number of likely N-dealkylation sites (N-methyl/N-ethyl adjacent to an activating group) is 1. The first-order valence-corrected chi connectivity index (χ1v) is 12.0. The molecule has 0 aliphatic carbocycles. The van der Waals surface area contributed by atoms with Crippen LogP contribution in [0, 0.1) is 0 Å². The van der Waals surface area contributed by atoms with Crippen molar-refractivity contribution in [2.45, 2.75) is 19.5 Å². The highest BCUT2D eigenvalue weighted by molar-refractivity contribution is 5.94. The molecule has 0 aliphatic rings. The van der Waals surface area contributed by atoms with Gasteiger partial charge in [-0.25, -0.2) is 0 Å². The van der Waals surface area contributed by atoms with Crippen molar-refractivity contribution >= 4 is 17.5 Å². The molecule has 0 radical (unpaired) electrons. The summed E-state index contributed by atoms with van der Waals surface area (Å²) in [5, 5.41) is 0. The Morgan fingerprint density at radius 3 is 1.72 bits per heavy atom. The Labute approximate surface area is 212 Å². The van der Waals surface area contributed by atoms with E-state index < -0.39 is 0 Å². The molecule has 4 aromatic rings. The van der Waals surface area contributed by atoms with Gasteiger partial charge < -0.3 is 14.5 Å². The van der Waals surface area contributed by atoms with Gasteiger partial charge in [0.2, 0.25) is 5.91 Å². The van der Waals surface area contributed by atoms with Crippen molar-refractivity contribution < 1.29 is 14.3 Å². The number of ether oxygens (including phenoxy) is 1. The molecule has 0 spiro atoms. The van der Waals surface area contributed by atoms with Gasteiger partial charge in [0.05, 0.1) is 13.0 Å². The van der Waals surface area contributed by atoms with Crippen LogP contribution < -0.4 is 9.64 Å². The quantitative estimate of drug-likeness (QED) is 0.302. The molecule has 2 amide bonds. The maximum absolute atomic E-state index is 13.2. The minimum atomic E-state index is -0.144. The van der Waals surface area contributed by atoms with Gasteiger partial charge in [0, 0.05) is 19.3 Å². The van der Waals surface area contributed by atoms with Gasteiger partial charge in [-0.15, -0.1) is 0 Å². The Morgan fingerprint density at radius 2 is 1.14 bits per heavy atom. The molecule has 0 N–H and O–H groups in total. The highest BCUT2D eigenvalue weighted by Gasteiger charge is 2.18. The first-order valence-electron chi connectivity index (χ1n) is 12.0. The van der Waals surface area contributed by atoms with E-state index in [-0.39, 0.29) is 18.4 Å². The molecule has 4 aromatic carbocycles. The molecule has 0 aromatic heterocycles. The molecule has 0 saturated heterocycles. The predicted octanol–water partition coefficient (Wildman–Crippen LogP) is 5.50. The molecular formula is C31H30N2O3. The summed E-state index contributed by atoms with van der Waals surface area (Å²) in [4.78, 5) is 29.4. The molecule has 5 heteroatoms. The lowest BCUT2D eigenvalue weighted by molar-refractivity contribution is -0.129. The molecule has 0 heterocycles. The maximum Gasteiger partial charge on any atom is 0.265 e. The highest BCUT2D eigenvalue weighted by Crippen LogP contribution is 2.20. The third kappa shape index (κ3) is 7.06. The Hall–Kier alpha value is -4.38. The van der Waals surface area contributed by atoms with Crippen LogP contribution in [0.1, 0.15) is 16.7 Å². The molecule has 4 rings (SSSR count). The third-order valence-electron chi connectivity index (χ3n) is 5.88. The van der Waals surface area contributed by atoms with Gasteiger partial charge in [-0.1, -0.05) is 91.0 Å². The Morgan fingerprint density at radius 1 is 0.611 bits per heavy atom. The van der Waals surface area contributed by atoms with Gasteiger partial charge >= 0.3 is 0 Å². The number of hydrogen-bond acceptors (Lipinski definition) is 3. The molecule has 36 heavy (non-hydrogen) atoms. The third-order valence-corrected chi connectivity index (χ3v) is 5.88. The van der Waals surface area contributed by atoms with Gasteiger partial charge in [0.1, 0.15) is 5.75 Å². The fourth-order valence-electron chi connectivity index (χ4n) is 3.88. The molecule has 0 unspecified atom stereocenters. The number of rotatable bonds is 10. The van der Waals surface area contributed by atoms with Crippen molar-refractivity contribution in [3.8, 4) is 5.75 Å². The van der Waals surface area contributed by atoms with Crippen LogP contribution in [-0.4, -0.2) is 30.4 Å². The number of hydrogen-bond donors (Lipinski definition) is 0. The van der Waals surface area contributed by atoms with Crippen LogP contribution >= 0.6 is 0 Å². The zero-order valence-electron chi connectivity index (χ0n) is 20.4. The van der Waals surface area contributed by atoms with E-state index in [2.05, 4.69) is 0 Å². The lowest BCUT2D eigenvalue weighted by Gasteiger charge is -2.24. The second-order valence-electron chi connectivity index (χ2n) is 8.65. The van der Waals surface area contributed by atoms with Crippen LogP contribution in [0.5, 0.6) is 5.75 Å². The fraction of sp³-hybridized carbons (Fsp3) is 0.161. The number of amides is 2. The van der Waals surface area contributed by atoms with E-state index in [0.717, 1.165) is 22.4 Å². The average molecular weight is 479 g/mol. The molecule has 0 saturated carbocycles. The van der Waals surface area contributed by atoms with Crippen LogP contribution in [0.25, 0.3) is 0 Å². The fourth-order valence-corrected chi connectivity index (χ4v) is 3.88. The van der Waals surface area contributed by atoms with E-state index in [9.17, 15) is 9.59 Å². The zero-order chi connectivity index (χ0) is 25.2. The molecule has 182 valence electrons. The molecule has 0 aliphatic heterocycles. The summed E-state index contributed by atoms with van der Waals surface area (Å²) >= 11 is 0. The van der Waals surface area contributed by atoms with Gasteiger partial charge in [-0.2, -0.15) is 0 Å². The number of anilines is 1. The van der Waals surface area contributed by atoms with E-state index in [1.54, 1.807) is 9.80 Å². The van der Waals surface area contributed by atoms with Crippen molar-refractivity contribution in [1.82, 2.24) is 4.90 Å². The molecule has 0 bridgehead atoms. The van der Waals surface area contributed by atoms with E-state index in [1.807, 2.05) is 122 Å². The average Bonchev–Trinajstić information content (AvgIpc) is 2.92. The maximum atomic E-state index is 13.2. The van der Waals surface area contributed by atoms with Crippen LogP contribution in [0.4, 0.5) is 5.69 Å². The monoisotopic (exact) mass is 478 g/mol. The topological polar surface area (TPSA) is 49.9 Å². The van der Waals surface area contributed by atoms with Crippen LogP contribution in [0.2, 0.25) is 0 Å². The number of para-hydroxylation sites is 1. The Kier molecular flexibility index (Phi) is 8.49. The number of carbonyl (C=O) groups excluding carboxylic acids is 2. The van der Waals surface area contributed by atoms with Crippen LogP contribution in [0.3, 0.4) is 0 Å². The van der Waals surface area contributed by atoms with Crippen molar-refractivity contribution in [3.63, 3.8) is 0 Å². The van der Waals surface area contributed by atoms with Crippen LogP contribution in [0.15, 0.2) is 115 Å². The predicted molar refractivity (Wildman–Crippen MR) is 143 cm³/mol.